The molecule has 0 saturated heterocycles. The van der Waals surface area contributed by atoms with E-state index in [2.05, 4.69) is 9.97 Å². The highest BCUT2D eigenvalue weighted by atomic mass is 16.5. The average Bonchev–Trinajstić information content (AvgIpc) is 3.07. The van der Waals surface area contributed by atoms with Gasteiger partial charge in [0.25, 0.3) is 5.56 Å². The molecule has 2 aromatic carbocycles. The van der Waals surface area contributed by atoms with Crippen molar-refractivity contribution < 1.29 is 4.74 Å². The molecule has 0 amide bonds. The minimum atomic E-state index is -0.0384. The molecule has 0 fully saturated rings. The van der Waals surface area contributed by atoms with Crippen molar-refractivity contribution in [2.75, 3.05) is 0 Å². The standard InChI is InChI=1S/C26H22N4O2/c1-29-25(24(26(31)30(29)2)20-13-15-27-16-14-20)21-9-7-18(8-10-21)17-32-23-12-11-19-5-3-4-6-22(19)28-23/h3-16H,17H2,1-2H3. The summed E-state index contributed by atoms with van der Waals surface area (Å²) in [7, 11) is 3.67. The van der Waals surface area contributed by atoms with Crippen LogP contribution in [0, 0.1) is 0 Å². The summed E-state index contributed by atoms with van der Waals surface area (Å²) in [4.78, 5) is 21.5. The van der Waals surface area contributed by atoms with Gasteiger partial charge in [-0.05, 0) is 35.4 Å². The van der Waals surface area contributed by atoms with Gasteiger partial charge >= 0.3 is 0 Å². The summed E-state index contributed by atoms with van der Waals surface area (Å²) in [5.74, 6) is 0.596. The number of ether oxygens (including phenoxy) is 1. The summed E-state index contributed by atoms with van der Waals surface area (Å²) in [6, 6.07) is 23.7. The van der Waals surface area contributed by atoms with Gasteiger partial charge in [-0.2, -0.15) is 0 Å². The first kappa shape index (κ1) is 19.8. The maximum atomic E-state index is 12.9. The zero-order valence-corrected chi connectivity index (χ0v) is 17.9. The SMILES string of the molecule is Cn1c(-c2ccc(COc3ccc4ccccc4n3)cc2)c(-c2ccncc2)c(=O)n1C. The van der Waals surface area contributed by atoms with Crippen molar-refractivity contribution in [3.05, 3.63) is 101 Å². The average molecular weight is 422 g/mol. The molecule has 32 heavy (non-hydrogen) atoms. The largest absolute Gasteiger partial charge is 0.473 e. The van der Waals surface area contributed by atoms with Gasteiger partial charge in [0, 0.05) is 43.5 Å². The van der Waals surface area contributed by atoms with E-state index in [9.17, 15) is 4.79 Å². The fourth-order valence-electron chi connectivity index (χ4n) is 3.86. The Bertz CT molecular complexity index is 1450. The van der Waals surface area contributed by atoms with Crippen LogP contribution in [0.1, 0.15) is 5.56 Å². The first-order chi connectivity index (χ1) is 15.6. The smallest absolute Gasteiger partial charge is 0.274 e. The zero-order valence-electron chi connectivity index (χ0n) is 17.9. The van der Waals surface area contributed by atoms with E-state index in [4.69, 9.17) is 4.74 Å². The van der Waals surface area contributed by atoms with Crippen LogP contribution in [-0.2, 0) is 20.7 Å². The summed E-state index contributed by atoms with van der Waals surface area (Å²) in [6.45, 7) is 0.413. The number of rotatable bonds is 5. The fourth-order valence-corrected chi connectivity index (χ4v) is 3.86. The summed E-state index contributed by atoms with van der Waals surface area (Å²) >= 11 is 0. The molecule has 5 rings (SSSR count). The molecule has 0 atom stereocenters. The summed E-state index contributed by atoms with van der Waals surface area (Å²) in [6.07, 6.45) is 3.40. The maximum Gasteiger partial charge on any atom is 0.274 e. The minimum absolute atomic E-state index is 0.0384. The molecule has 6 heteroatoms. The zero-order chi connectivity index (χ0) is 22.1. The normalized spacial score (nSPS) is 11.1. The highest BCUT2D eigenvalue weighted by Crippen LogP contribution is 2.29. The molecule has 3 heterocycles. The van der Waals surface area contributed by atoms with Gasteiger partial charge in [-0.3, -0.25) is 19.1 Å². The third-order valence-electron chi connectivity index (χ3n) is 5.67. The molecule has 6 nitrogen and oxygen atoms in total. The van der Waals surface area contributed by atoms with Crippen LogP contribution in [0.2, 0.25) is 0 Å². The number of hydrogen-bond donors (Lipinski definition) is 0. The number of fused-ring (bicyclic) bond motifs is 1. The number of nitrogens with zero attached hydrogens (tertiary/aromatic N) is 4. The van der Waals surface area contributed by atoms with Gasteiger partial charge in [-0.1, -0.05) is 42.5 Å². The lowest BCUT2D eigenvalue weighted by Crippen LogP contribution is -2.17. The Hall–Kier alpha value is -4.19. The van der Waals surface area contributed by atoms with Crippen LogP contribution in [-0.4, -0.2) is 19.3 Å². The van der Waals surface area contributed by atoms with E-state index >= 15 is 0 Å². The molecule has 0 radical (unpaired) electrons. The van der Waals surface area contributed by atoms with Crippen molar-refractivity contribution in [1.82, 2.24) is 19.3 Å². The second kappa shape index (κ2) is 8.15. The lowest BCUT2D eigenvalue weighted by atomic mass is 10.0. The van der Waals surface area contributed by atoms with Crippen LogP contribution in [0.5, 0.6) is 5.88 Å². The molecule has 0 bridgehead atoms. The van der Waals surface area contributed by atoms with E-state index in [0.29, 0.717) is 18.1 Å². The fraction of sp³-hybridized carbons (Fsp3) is 0.115. The molecule has 0 aliphatic carbocycles. The van der Waals surface area contributed by atoms with Crippen molar-refractivity contribution in [3.63, 3.8) is 0 Å². The molecule has 0 aliphatic rings. The lowest BCUT2D eigenvalue weighted by molar-refractivity contribution is 0.295. The first-order valence-corrected chi connectivity index (χ1v) is 10.4. The predicted octanol–water partition coefficient (Wildman–Crippen LogP) is 4.58. The molecule has 3 aromatic heterocycles. The molecule has 0 saturated carbocycles. The van der Waals surface area contributed by atoms with Gasteiger partial charge in [-0.25, -0.2) is 4.98 Å². The number of para-hydroxylation sites is 1. The highest BCUT2D eigenvalue weighted by molar-refractivity contribution is 5.81. The monoisotopic (exact) mass is 422 g/mol. The summed E-state index contributed by atoms with van der Waals surface area (Å²) < 4.78 is 9.40. The van der Waals surface area contributed by atoms with E-state index in [1.54, 1.807) is 24.1 Å². The van der Waals surface area contributed by atoms with E-state index in [-0.39, 0.29) is 5.56 Å². The minimum Gasteiger partial charge on any atom is -0.473 e. The maximum absolute atomic E-state index is 12.9. The van der Waals surface area contributed by atoms with Crippen LogP contribution < -0.4 is 10.3 Å². The Kier molecular flexibility index (Phi) is 5.03. The van der Waals surface area contributed by atoms with Gasteiger partial charge in [0.05, 0.1) is 16.8 Å². The molecule has 0 aliphatic heterocycles. The van der Waals surface area contributed by atoms with E-state index in [1.807, 2.05) is 84.5 Å². The summed E-state index contributed by atoms with van der Waals surface area (Å²) in [5, 5.41) is 1.09. The quantitative estimate of drug-likeness (QED) is 0.416. The van der Waals surface area contributed by atoms with Crippen LogP contribution >= 0.6 is 0 Å². The first-order valence-electron chi connectivity index (χ1n) is 10.4. The van der Waals surface area contributed by atoms with E-state index in [0.717, 1.165) is 33.3 Å². The van der Waals surface area contributed by atoms with E-state index in [1.165, 1.54) is 0 Å². The van der Waals surface area contributed by atoms with Crippen LogP contribution in [0.4, 0.5) is 0 Å². The van der Waals surface area contributed by atoms with Crippen LogP contribution in [0.25, 0.3) is 33.3 Å². The molecule has 0 spiro atoms. The Morgan fingerprint density at radius 2 is 1.56 bits per heavy atom. The van der Waals surface area contributed by atoms with Crippen molar-refractivity contribution >= 4 is 10.9 Å². The molecule has 0 N–H and O–H groups in total. The lowest BCUT2D eigenvalue weighted by Gasteiger charge is -2.10. The molecular formula is C26H22N4O2. The number of aromatic nitrogens is 4. The van der Waals surface area contributed by atoms with Gasteiger partial charge in [0.15, 0.2) is 0 Å². The van der Waals surface area contributed by atoms with Gasteiger partial charge in [0.1, 0.15) is 6.61 Å². The molecule has 158 valence electrons. The van der Waals surface area contributed by atoms with Crippen LogP contribution in [0.15, 0.2) is 90.0 Å². The number of pyridine rings is 2. The molecule has 0 unspecified atom stereocenters. The van der Waals surface area contributed by atoms with Crippen molar-refractivity contribution in [1.29, 1.82) is 0 Å². The van der Waals surface area contributed by atoms with Crippen molar-refractivity contribution in [3.8, 4) is 28.3 Å². The summed E-state index contributed by atoms with van der Waals surface area (Å²) in [5.41, 5.74) is 5.25. The Balaban J connectivity index is 1.41. The Labute approximate surface area is 185 Å². The van der Waals surface area contributed by atoms with Gasteiger partial charge in [0.2, 0.25) is 5.88 Å². The third kappa shape index (κ3) is 3.56. The van der Waals surface area contributed by atoms with Gasteiger partial charge < -0.3 is 4.74 Å². The third-order valence-corrected chi connectivity index (χ3v) is 5.67. The Morgan fingerprint density at radius 1 is 0.812 bits per heavy atom. The topological polar surface area (TPSA) is 61.9 Å². The molecule has 5 aromatic rings. The van der Waals surface area contributed by atoms with E-state index < -0.39 is 0 Å². The predicted molar refractivity (Wildman–Crippen MR) is 125 cm³/mol. The second-order valence-electron chi connectivity index (χ2n) is 7.64. The van der Waals surface area contributed by atoms with Gasteiger partial charge in [-0.15, -0.1) is 0 Å². The van der Waals surface area contributed by atoms with Crippen LogP contribution in [0.3, 0.4) is 0 Å². The Morgan fingerprint density at radius 3 is 2.34 bits per heavy atom. The number of hydrogen-bond acceptors (Lipinski definition) is 4. The molecular weight excluding hydrogens is 400 g/mol. The number of benzene rings is 2. The van der Waals surface area contributed by atoms with Crippen molar-refractivity contribution in [2.45, 2.75) is 6.61 Å². The van der Waals surface area contributed by atoms with Crippen molar-refractivity contribution in [2.24, 2.45) is 14.1 Å². The highest BCUT2D eigenvalue weighted by Gasteiger charge is 2.19. The second-order valence-corrected chi connectivity index (χ2v) is 7.64.